The van der Waals surface area contributed by atoms with Gasteiger partial charge < -0.3 is 16.0 Å². The molecule has 1 aliphatic rings. The van der Waals surface area contributed by atoms with Gasteiger partial charge in [0.25, 0.3) is 5.91 Å². The van der Waals surface area contributed by atoms with E-state index in [0.29, 0.717) is 17.0 Å². The standard InChI is InChI=1S/C15H21N3O2/c1-18(10-11-5-7-17-8-6-11)15(20)13-4-2-3-12(9-13)14(16)19/h2-4,9,11,17H,5-8,10H2,1H3,(H2,16,19). The fourth-order valence-electron chi connectivity index (χ4n) is 2.56. The van der Waals surface area contributed by atoms with Crippen molar-refractivity contribution >= 4 is 11.8 Å². The number of carbonyl (C=O) groups excluding carboxylic acids is 2. The molecular formula is C15H21N3O2. The van der Waals surface area contributed by atoms with Crippen molar-refractivity contribution in [2.24, 2.45) is 11.7 Å². The second-order valence-corrected chi connectivity index (χ2v) is 5.32. The molecule has 2 amide bonds. The maximum atomic E-state index is 12.4. The van der Waals surface area contributed by atoms with Gasteiger partial charge in [0.05, 0.1) is 0 Å². The average molecular weight is 275 g/mol. The van der Waals surface area contributed by atoms with Crippen molar-refractivity contribution in [3.63, 3.8) is 0 Å². The van der Waals surface area contributed by atoms with Crippen molar-refractivity contribution < 1.29 is 9.59 Å². The smallest absolute Gasteiger partial charge is 0.253 e. The van der Waals surface area contributed by atoms with Gasteiger partial charge in [0, 0.05) is 24.7 Å². The lowest BCUT2D eigenvalue weighted by Gasteiger charge is -2.27. The molecule has 0 bridgehead atoms. The van der Waals surface area contributed by atoms with Gasteiger partial charge in [-0.3, -0.25) is 9.59 Å². The predicted octanol–water partition coefficient (Wildman–Crippen LogP) is 0.857. The Morgan fingerprint density at radius 2 is 1.95 bits per heavy atom. The van der Waals surface area contributed by atoms with E-state index in [1.165, 1.54) is 0 Å². The van der Waals surface area contributed by atoms with Crippen LogP contribution in [0.5, 0.6) is 0 Å². The Hall–Kier alpha value is -1.88. The van der Waals surface area contributed by atoms with E-state index in [-0.39, 0.29) is 5.91 Å². The summed E-state index contributed by atoms with van der Waals surface area (Å²) in [6.45, 7) is 2.79. The first-order chi connectivity index (χ1) is 9.58. The molecule has 0 unspecified atom stereocenters. The molecule has 5 nitrogen and oxygen atoms in total. The summed E-state index contributed by atoms with van der Waals surface area (Å²) in [6.07, 6.45) is 2.19. The van der Waals surface area contributed by atoms with Crippen molar-refractivity contribution in [1.82, 2.24) is 10.2 Å². The number of nitrogens with one attached hydrogen (secondary N) is 1. The van der Waals surface area contributed by atoms with Crippen LogP contribution in [0.4, 0.5) is 0 Å². The summed E-state index contributed by atoms with van der Waals surface area (Å²) >= 11 is 0. The minimum Gasteiger partial charge on any atom is -0.366 e. The third-order valence-corrected chi connectivity index (χ3v) is 3.73. The second-order valence-electron chi connectivity index (χ2n) is 5.32. The molecule has 1 heterocycles. The van der Waals surface area contributed by atoms with Gasteiger partial charge in [-0.15, -0.1) is 0 Å². The molecule has 0 aliphatic carbocycles. The molecular weight excluding hydrogens is 254 g/mol. The van der Waals surface area contributed by atoms with E-state index in [4.69, 9.17) is 5.73 Å². The number of amides is 2. The zero-order valence-corrected chi connectivity index (χ0v) is 11.8. The summed E-state index contributed by atoms with van der Waals surface area (Å²) in [7, 11) is 1.81. The summed E-state index contributed by atoms with van der Waals surface area (Å²) in [6, 6.07) is 6.58. The number of hydrogen-bond acceptors (Lipinski definition) is 3. The summed E-state index contributed by atoms with van der Waals surface area (Å²) < 4.78 is 0. The molecule has 5 heteroatoms. The van der Waals surface area contributed by atoms with E-state index in [1.807, 2.05) is 0 Å². The highest BCUT2D eigenvalue weighted by Crippen LogP contribution is 2.15. The zero-order valence-electron chi connectivity index (χ0n) is 11.8. The fraction of sp³-hybridized carbons (Fsp3) is 0.467. The Balaban J connectivity index is 2.02. The van der Waals surface area contributed by atoms with Gasteiger partial charge in [0.1, 0.15) is 0 Å². The van der Waals surface area contributed by atoms with Gasteiger partial charge in [-0.1, -0.05) is 6.07 Å². The molecule has 0 aromatic heterocycles. The van der Waals surface area contributed by atoms with Crippen molar-refractivity contribution in [3.05, 3.63) is 35.4 Å². The molecule has 108 valence electrons. The maximum absolute atomic E-state index is 12.4. The van der Waals surface area contributed by atoms with Crippen LogP contribution < -0.4 is 11.1 Å². The number of benzene rings is 1. The third kappa shape index (κ3) is 3.57. The number of hydrogen-bond donors (Lipinski definition) is 2. The molecule has 1 saturated heterocycles. The lowest BCUT2D eigenvalue weighted by atomic mass is 9.97. The van der Waals surface area contributed by atoms with Gasteiger partial charge in [0.15, 0.2) is 0 Å². The summed E-state index contributed by atoms with van der Waals surface area (Å²) in [5.74, 6) is -0.0307. The first kappa shape index (κ1) is 14.5. The number of piperidine rings is 1. The molecule has 1 aromatic rings. The highest BCUT2D eigenvalue weighted by Gasteiger charge is 2.19. The second kappa shape index (κ2) is 6.52. The van der Waals surface area contributed by atoms with E-state index in [2.05, 4.69) is 5.32 Å². The molecule has 0 spiro atoms. The van der Waals surface area contributed by atoms with Crippen LogP contribution in [0, 0.1) is 5.92 Å². The minimum atomic E-state index is -0.513. The minimum absolute atomic E-state index is 0.0633. The SMILES string of the molecule is CN(CC1CCNCC1)C(=O)c1cccc(C(N)=O)c1. The molecule has 1 aliphatic heterocycles. The Kier molecular flexibility index (Phi) is 4.74. The van der Waals surface area contributed by atoms with Crippen LogP contribution in [0.25, 0.3) is 0 Å². The zero-order chi connectivity index (χ0) is 14.5. The lowest BCUT2D eigenvalue weighted by Crippen LogP contribution is -2.37. The Labute approximate surface area is 119 Å². The number of primary amides is 1. The number of rotatable bonds is 4. The molecule has 3 N–H and O–H groups in total. The Morgan fingerprint density at radius 1 is 1.30 bits per heavy atom. The molecule has 20 heavy (non-hydrogen) atoms. The maximum Gasteiger partial charge on any atom is 0.253 e. The lowest BCUT2D eigenvalue weighted by molar-refractivity contribution is 0.0763. The quantitative estimate of drug-likeness (QED) is 0.855. The monoisotopic (exact) mass is 275 g/mol. The van der Waals surface area contributed by atoms with E-state index < -0.39 is 5.91 Å². The summed E-state index contributed by atoms with van der Waals surface area (Å²) in [5, 5.41) is 3.31. The van der Waals surface area contributed by atoms with E-state index in [9.17, 15) is 9.59 Å². The van der Waals surface area contributed by atoms with Crippen molar-refractivity contribution in [2.45, 2.75) is 12.8 Å². The average Bonchev–Trinajstić information content (AvgIpc) is 2.47. The van der Waals surface area contributed by atoms with Crippen LogP contribution in [0.15, 0.2) is 24.3 Å². The van der Waals surface area contributed by atoms with Crippen LogP contribution in [0.1, 0.15) is 33.6 Å². The summed E-state index contributed by atoms with van der Waals surface area (Å²) in [5.41, 5.74) is 6.12. The number of nitrogens with zero attached hydrogens (tertiary/aromatic N) is 1. The van der Waals surface area contributed by atoms with Gasteiger partial charge in [0.2, 0.25) is 5.91 Å². The first-order valence-electron chi connectivity index (χ1n) is 6.94. The predicted molar refractivity (Wildman–Crippen MR) is 77.5 cm³/mol. The highest BCUT2D eigenvalue weighted by molar-refractivity contribution is 5.98. The Morgan fingerprint density at radius 3 is 2.60 bits per heavy atom. The van der Waals surface area contributed by atoms with Gasteiger partial charge in [-0.05, 0) is 50.0 Å². The van der Waals surface area contributed by atoms with Crippen molar-refractivity contribution in [3.8, 4) is 0 Å². The normalized spacial score (nSPS) is 15.8. The topological polar surface area (TPSA) is 75.4 Å². The number of nitrogens with two attached hydrogens (primary N) is 1. The van der Waals surface area contributed by atoms with E-state index >= 15 is 0 Å². The van der Waals surface area contributed by atoms with Crippen LogP contribution >= 0.6 is 0 Å². The van der Waals surface area contributed by atoms with Gasteiger partial charge in [-0.25, -0.2) is 0 Å². The van der Waals surface area contributed by atoms with Crippen molar-refractivity contribution in [2.75, 3.05) is 26.7 Å². The van der Waals surface area contributed by atoms with Crippen LogP contribution in [0.2, 0.25) is 0 Å². The van der Waals surface area contributed by atoms with Gasteiger partial charge >= 0.3 is 0 Å². The third-order valence-electron chi connectivity index (χ3n) is 3.73. The largest absolute Gasteiger partial charge is 0.366 e. The molecule has 0 saturated carbocycles. The molecule has 2 rings (SSSR count). The molecule has 0 atom stereocenters. The van der Waals surface area contributed by atoms with Crippen LogP contribution in [-0.2, 0) is 0 Å². The summed E-state index contributed by atoms with van der Waals surface area (Å²) in [4.78, 5) is 25.2. The fourth-order valence-corrected chi connectivity index (χ4v) is 2.56. The number of carbonyl (C=O) groups is 2. The first-order valence-corrected chi connectivity index (χ1v) is 6.94. The van der Waals surface area contributed by atoms with E-state index in [0.717, 1.165) is 32.5 Å². The molecule has 1 aromatic carbocycles. The van der Waals surface area contributed by atoms with Gasteiger partial charge in [-0.2, -0.15) is 0 Å². The van der Waals surface area contributed by atoms with Crippen LogP contribution in [0.3, 0.4) is 0 Å². The Bertz CT molecular complexity index is 496. The van der Waals surface area contributed by atoms with E-state index in [1.54, 1.807) is 36.2 Å². The molecule has 0 radical (unpaired) electrons. The van der Waals surface area contributed by atoms with Crippen molar-refractivity contribution in [1.29, 1.82) is 0 Å². The highest BCUT2D eigenvalue weighted by atomic mass is 16.2. The van der Waals surface area contributed by atoms with Crippen LogP contribution in [-0.4, -0.2) is 43.4 Å². The molecule has 1 fully saturated rings.